The van der Waals surface area contributed by atoms with Crippen LogP contribution in [0.3, 0.4) is 0 Å². The molecule has 2 fully saturated rings. The Labute approximate surface area is 108 Å². The zero-order valence-corrected chi connectivity index (χ0v) is 10.9. The molecule has 0 aromatic carbocycles. The number of ether oxygens (including phenoxy) is 1. The standard InChI is InChI=1S/C13H24N2O3/c14-12(4-2-1-3-5-12)8-11(16)15-9-13(17)6-7-18-10-13/h17H,1-10,14H2,(H,15,16). The first kappa shape index (κ1) is 13.8. The fourth-order valence-electron chi connectivity index (χ4n) is 2.81. The van der Waals surface area contributed by atoms with Crippen LogP contribution in [0.15, 0.2) is 0 Å². The monoisotopic (exact) mass is 256 g/mol. The summed E-state index contributed by atoms with van der Waals surface area (Å²) in [7, 11) is 0. The Hall–Kier alpha value is -0.650. The Bertz CT molecular complexity index is 295. The van der Waals surface area contributed by atoms with Gasteiger partial charge in [-0.15, -0.1) is 0 Å². The normalized spacial score (nSPS) is 31.2. The van der Waals surface area contributed by atoms with E-state index in [1.165, 1.54) is 6.42 Å². The van der Waals surface area contributed by atoms with Crippen LogP contribution in [0.5, 0.6) is 0 Å². The minimum atomic E-state index is -0.885. The molecule has 4 N–H and O–H groups in total. The number of amides is 1. The number of hydrogen-bond acceptors (Lipinski definition) is 4. The first-order valence-corrected chi connectivity index (χ1v) is 6.87. The lowest BCUT2D eigenvalue weighted by molar-refractivity contribution is -0.123. The summed E-state index contributed by atoms with van der Waals surface area (Å²) >= 11 is 0. The average Bonchev–Trinajstić information content (AvgIpc) is 2.75. The van der Waals surface area contributed by atoms with Gasteiger partial charge in [-0.1, -0.05) is 19.3 Å². The summed E-state index contributed by atoms with van der Waals surface area (Å²) in [5.74, 6) is -0.0558. The quantitative estimate of drug-likeness (QED) is 0.675. The van der Waals surface area contributed by atoms with Gasteiger partial charge in [0.15, 0.2) is 0 Å². The third-order valence-electron chi connectivity index (χ3n) is 4.06. The molecule has 5 nitrogen and oxygen atoms in total. The number of nitrogens with two attached hydrogens (primary N) is 1. The molecule has 1 saturated carbocycles. The molecule has 1 aliphatic heterocycles. The highest BCUT2D eigenvalue weighted by molar-refractivity contribution is 5.77. The maximum Gasteiger partial charge on any atom is 0.221 e. The Morgan fingerprint density at radius 1 is 1.28 bits per heavy atom. The minimum Gasteiger partial charge on any atom is -0.386 e. The molecule has 1 heterocycles. The number of rotatable bonds is 4. The van der Waals surface area contributed by atoms with Gasteiger partial charge in [0, 0.05) is 31.5 Å². The fraction of sp³-hybridized carbons (Fsp3) is 0.923. The Morgan fingerprint density at radius 2 is 2.00 bits per heavy atom. The first-order chi connectivity index (χ1) is 8.52. The van der Waals surface area contributed by atoms with E-state index in [9.17, 15) is 9.90 Å². The van der Waals surface area contributed by atoms with Crippen molar-refractivity contribution in [1.82, 2.24) is 5.32 Å². The highest BCUT2D eigenvalue weighted by Gasteiger charge is 2.34. The SMILES string of the molecule is NC1(CC(=O)NCC2(O)CCOC2)CCCCC1. The van der Waals surface area contributed by atoms with Crippen molar-refractivity contribution in [1.29, 1.82) is 0 Å². The molecule has 1 amide bonds. The van der Waals surface area contributed by atoms with Gasteiger partial charge in [-0.3, -0.25) is 4.79 Å². The average molecular weight is 256 g/mol. The second kappa shape index (κ2) is 5.55. The van der Waals surface area contributed by atoms with Crippen molar-refractivity contribution < 1.29 is 14.6 Å². The summed E-state index contributed by atoms with van der Waals surface area (Å²) in [4.78, 5) is 11.9. The molecule has 0 radical (unpaired) electrons. The van der Waals surface area contributed by atoms with Crippen molar-refractivity contribution in [3.63, 3.8) is 0 Å². The van der Waals surface area contributed by atoms with Gasteiger partial charge in [0.25, 0.3) is 0 Å². The molecular weight excluding hydrogens is 232 g/mol. The van der Waals surface area contributed by atoms with Gasteiger partial charge in [-0.05, 0) is 12.8 Å². The summed E-state index contributed by atoms with van der Waals surface area (Å²) in [5, 5.41) is 12.8. The Kier molecular flexibility index (Phi) is 4.25. The minimum absolute atomic E-state index is 0.0558. The van der Waals surface area contributed by atoms with E-state index in [0.717, 1.165) is 25.7 Å². The van der Waals surface area contributed by atoms with E-state index in [0.29, 0.717) is 26.1 Å². The van der Waals surface area contributed by atoms with Crippen molar-refractivity contribution >= 4 is 5.91 Å². The van der Waals surface area contributed by atoms with Crippen molar-refractivity contribution in [2.45, 2.75) is 56.1 Å². The second-order valence-electron chi connectivity index (χ2n) is 5.90. The van der Waals surface area contributed by atoms with Crippen LogP contribution in [0.4, 0.5) is 0 Å². The van der Waals surface area contributed by atoms with Gasteiger partial charge in [0.2, 0.25) is 5.91 Å². The van der Waals surface area contributed by atoms with Gasteiger partial charge >= 0.3 is 0 Å². The molecule has 5 heteroatoms. The van der Waals surface area contributed by atoms with Crippen LogP contribution in [-0.4, -0.2) is 41.9 Å². The van der Waals surface area contributed by atoms with Crippen LogP contribution in [0.1, 0.15) is 44.9 Å². The van der Waals surface area contributed by atoms with Crippen molar-refractivity contribution in [2.24, 2.45) is 5.73 Å². The van der Waals surface area contributed by atoms with Crippen LogP contribution in [0.2, 0.25) is 0 Å². The van der Waals surface area contributed by atoms with E-state index in [-0.39, 0.29) is 18.0 Å². The molecule has 0 aromatic heterocycles. The highest BCUT2D eigenvalue weighted by Crippen LogP contribution is 2.28. The first-order valence-electron chi connectivity index (χ1n) is 6.87. The molecule has 0 aromatic rings. The van der Waals surface area contributed by atoms with E-state index in [1.807, 2.05) is 0 Å². The Morgan fingerprint density at radius 3 is 2.61 bits per heavy atom. The lowest BCUT2D eigenvalue weighted by atomic mass is 9.80. The third-order valence-corrected chi connectivity index (χ3v) is 4.06. The fourth-order valence-corrected chi connectivity index (χ4v) is 2.81. The maximum atomic E-state index is 11.9. The van der Waals surface area contributed by atoms with Crippen LogP contribution in [0, 0.1) is 0 Å². The molecular formula is C13H24N2O3. The molecule has 18 heavy (non-hydrogen) atoms. The highest BCUT2D eigenvalue weighted by atomic mass is 16.5. The smallest absolute Gasteiger partial charge is 0.221 e. The van der Waals surface area contributed by atoms with Gasteiger partial charge in [0.1, 0.15) is 5.60 Å². The number of aliphatic hydroxyl groups is 1. The summed E-state index contributed by atoms with van der Waals surface area (Å²) in [5.41, 5.74) is 5.01. The van der Waals surface area contributed by atoms with Gasteiger partial charge < -0.3 is 20.9 Å². The molecule has 0 spiro atoms. The maximum absolute atomic E-state index is 11.9. The van der Waals surface area contributed by atoms with Crippen LogP contribution < -0.4 is 11.1 Å². The summed E-state index contributed by atoms with van der Waals surface area (Å²) in [6, 6.07) is 0. The molecule has 1 aliphatic carbocycles. The zero-order valence-electron chi connectivity index (χ0n) is 10.9. The molecule has 1 unspecified atom stereocenters. The van der Waals surface area contributed by atoms with E-state index >= 15 is 0 Å². The summed E-state index contributed by atoms with van der Waals surface area (Å²) in [6.07, 6.45) is 6.24. The molecule has 0 bridgehead atoms. The molecule has 1 saturated heterocycles. The number of nitrogens with one attached hydrogen (secondary N) is 1. The topological polar surface area (TPSA) is 84.6 Å². The number of hydrogen-bond donors (Lipinski definition) is 3. The van der Waals surface area contributed by atoms with Crippen molar-refractivity contribution in [3.8, 4) is 0 Å². The molecule has 104 valence electrons. The van der Waals surface area contributed by atoms with Gasteiger partial charge in [-0.25, -0.2) is 0 Å². The lowest BCUT2D eigenvalue weighted by Gasteiger charge is -2.33. The largest absolute Gasteiger partial charge is 0.386 e. The van der Waals surface area contributed by atoms with E-state index in [2.05, 4.69) is 5.32 Å². The van der Waals surface area contributed by atoms with Crippen molar-refractivity contribution in [3.05, 3.63) is 0 Å². The van der Waals surface area contributed by atoms with Gasteiger partial charge in [-0.2, -0.15) is 0 Å². The third kappa shape index (κ3) is 3.67. The van der Waals surface area contributed by atoms with Crippen molar-refractivity contribution in [2.75, 3.05) is 19.8 Å². The summed E-state index contributed by atoms with van der Waals surface area (Å²) in [6.45, 7) is 1.14. The van der Waals surface area contributed by atoms with Crippen LogP contribution >= 0.6 is 0 Å². The van der Waals surface area contributed by atoms with Crippen LogP contribution in [-0.2, 0) is 9.53 Å². The number of carbonyl (C=O) groups excluding carboxylic acids is 1. The zero-order chi connectivity index (χ0) is 13.1. The lowest BCUT2D eigenvalue weighted by Crippen LogP contribution is -2.49. The Balaban J connectivity index is 1.74. The number of carbonyl (C=O) groups is 1. The predicted octanol–water partition coefficient (Wildman–Crippen LogP) is 0.306. The molecule has 2 rings (SSSR count). The predicted molar refractivity (Wildman–Crippen MR) is 68.0 cm³/mol. The van der Waals surface area contributed by atoms with Gasteiger partial charge in [0.05, 0.1) is 6.61 Å². The van der Waals surface area contributed by atoms with E-state index in [1.54, 1.807) is 0 Å². The second-order valence-corrected chi connectivity index (χ2v) is 5.90. The van der Waals surface area contributed by atoms with E-state index < -0.39 is 5.60 Å². The van der Waals surface area contributed by atoms with Crippen LogP contribution in [0.25, 0.3) is 0 Å². The molecule has 2 aliphatic rings. The molecule has 1 atom stereocenters. The van der Waals surface area contributed by atoms with E-state index in [4.69, 9.17) is 10.5 Å². The summed E-state index contributed by atoms with van der Waals surface area (Å²) < 4.78 is 5.14.